The zero-order chi connectivity index (χ0) is 26.2. The van der Waals surface area contributed by atoms with Gasteiger partial charge in [-0.2, -0.15) is 0 Å². The second kappa shape index (κ2) is 12.5. The van der Waals surface area contributed by atoms with Crippen molar-refractivity contribution in [2.45, 2.75) is 38.6 Å². The van der Waals surface area contributed by atoms with Gasteiger partial charge in [-0.15, -0.1) is 0 Å². The van der Waals surface area contributed by atoms with Gasteiger partial charge in [0.1, 0.15) is 12.4 Å². The Morgan fingerprint density at radius 2 is 1.65 bits per heavy atom. The summed E-state index contributed by atoms with van der Waals surface area (Å²) in [5.41, 5.74) is 5.05. The van der Waals surface area contributed by atoms with Gasteiger partial charge in [0.05, 0.1) is 0 Å². The first-order valence-electron chi connectivity index (χ1n) is 12.9. The van der Waals surface area contributed by atoms with E-state index < -0.39 is 11.9 Å². The Morgan fingerprint density at radius 1 is 0.946 bits per heavy atom. The predicted octanol–water partition coefficient (Wildman–Crippen LogP) is 3.63. The molecule has 2 aliphatic heterocycles. The van der Waals surface area contributed by atoms with Gasteiger partial charge in [0, 0.05) is 37.3 Å². The fourth-order valence-electron chi connectivity index (χ4n) is 5.24. The number of aryl methyl sites for hydroxylation is 2. The van der Waals surface area contributed by atoms with Gasteiger partial charge in [-0.25, -0.2) is 9.59 Å². The van der Waals surface area contributed by atoms with Crippen molar-refractivity contribution in [1.82, 2.24) is 9.80 Å². The van der Waals surface area contributed by atoms with Crippen LogP contribution in [0.4, 0.5) is 0 Å². The number of carbonyl (C=O) groups is 3. The lowest BCUT2D eigenvalue weighted by Gasteiger charge is -2.33. The summed E-state index contributed by atoms with van der Waals surface area (Å²) in [5.74, 6) is -0.666. The largest absolute Gasteiger partial charge is 0.492 e. The predicted molar refractivity (Wildman–Crippen MR) is 139 cm³/mol. The molecule has 37 heavy (non-hydrogen) atoms. The second-order valence-electron chi connectivity index (χ2n) is 9.77. The van der Waals surface area contributed by atoms with E-state index in [4.69, 9.17) is 14.9 Å². The number of piperidine rings is 1. The number of carboxylic acid groups (broad SMARTS) is 2. The maximum Gasteiger partial charge on any atom is 0.328 e. The Labute approximate surface area is 217 Å². The standard InChI is InChI=1S/C25H30N2O2.C4H4O4/c28-25-24-7-2-1-4-22(24)18-27(25)17-19-10-12-26(13-11-19)14-15-29-23-9-8-20-5-3-6-21(20)16-23;5-3(6)1-2-4(7)8/h1-2,4,7-9,16,19H,3,5-6,10-15,17-18H2;1-2H,(H,5,6)(H,7,8)/b;2-1+. The fourth-order valence-corrected chi connectivity index (χ4v) is 5.24. The molecule has 3 aliphatic rings. The third-order valence-corrected chi connectivity index (χ3v) is 7.20. The van der Waals surface area contributed by atoms with Crippen LogP contribution in [0.3, 0.4) is 0 Å². The van der Waals surface area contributed by atoms with Gasteiger partial charge in [-0.05, 0) is 86.0 Å². The molecule has 0 aromatic heterocycles. The Balaban J connectivity index is 0.000000349. The van der Waals surface area contributed by atoms with Crippen molar-refractivity contribution >= 4 is 17.8 Å². The van der Waals surface area contributed by atoms with Crippen LogP contribution in [0.15, 0.2) is 54.6 Å². The highest BCUT2D eigenvalue weighted by Gasteiger charge is 2.30. The lowest BCUT2D eigenvalue weighted by molar-refractivity contribution is -0.134. The zero-order valence-corrected chi connectivity index (χ0v) is 21.0. The molecule has 1 saturated heterocycles. The number of carboxylic acids is 2. The second-order valence-corrected chi connectivity index (χ2v) is 9.77. The summed E-state index contributed by atoms with van der Waals surface area (Å²) >= 11 is 0. The maximum atomic E-state index is 12.6. The molecule has 1 amide bonds. The van der Waals surface area contributed by atoms with Gasteiger partial charge in [-0.1, -0.05) is 24.3 Å². The molecule has 2 heterocycles. The Kier molecular flexibility index (Phi) is 8.95. The van der Waals surface area contributed by atoms with Gasteiger partial charge in [-0.3, -0.25) is 9.69 Å². The van der Waals surface area contributed by atoms with E-state index in [1.807, 2.05) is 23.1 Å². The van der Waals surface area contributed by atoms with Gasteiger partial charge >= 0.3 is 11.9 Å². The number of ether oxygens (including phenoxy) is 1. The van der Waals surface area contributed by atoms with E-state index in [9.17, 15) is 14.4 Å². The number of hydrogen-bond donors (Lipinski definition) is 2. The average Bonchev–Trinajstić information content (AvgIpc) is 3.48. The van der Waals surface area contributed by atoms with Crippen LogP contribution in [0.2, 0.25) is 0 Å². The number of nitrogens with zero attached hydrogens (tertiary/aromatic N) is 2. The summed E-state index contributed by atoms with van der Waals surface area (Å²) in [6.45, 7) is 5.62. The van der Waals surface area contributed by atoms with Crippen molar-refractivity contribution in [2.75, 3.05) is 32.8 Å². The van der Waals surface area contributed by atoms with Crippen molar-refractivity contribution in [3.63, 3.8) is 0 Å². The lowest BCUT2D eigenvalue weighted by Crippen LogP contribution is -2.40. The molecular weight excluding hydrogens is 472 g/mol. The number of benzene rings is 2. The minimum absolute atomic E-state index is 0.214. The molecule has 0 unspecified atom stereocenters. The van der Waals surface area contributed by atoms with Crippen LogP contribution in [-0.4, -0.2) is 70.6 Å². The quantitative estimate of drug-likeness (QED) is 0.527. The number of likely N-dealkylation sites (tertiary alicyclic amines) is 1. The van der Waals surface area contributed by atoms with Crippen molar-refractivity contribution in [1.29, 1.82) is 0 Å². The molecule has 0 radical (unpaired) electrons. The SMILES string of the molecule is O=C(O)/C=C/C(=O)O.O=C1c2ccccc2CN1CC1CCN(CCOc2ccc3c(c2)CCC3)CC1. The van der Waals surface area contributed by atoms with Crippen LogP contribution >= 0.6 is 0 Å². The molecule has 2 aromatic carbocycles. The summed E-state index contributed by atoms with van der Waals surface area (Å²) in [6.07, 6.45) is 7.15. The Hall–Kier alpha value is -3.65. The lowest BCUT2D eigenvalue weighted by atomic mass is 9.96. The number of hydrogen-bond acceptors (Lipinski definition) is 5. The van der Waals surface area contributed by atoms with Crippen LogP contribution in [0.5, 0.6) is 5.75 Å². The monoisotopic (exact) mass is 506 g/mol. The highest BCUT2D eigenvalue weighted by atomic mass is 16.5. The molecule has 8 nitrogen and oxygen atoms in total. The van der Waals surface area contributed by atoms with Crippen molar-refractivity contribution in [3.8, 4) is 5.75 Å². The molecule has 8 heteroatoms. The van der Waals surface area contributed by atoms with Crippen LogP contribution in [0.1, 0.15) is 46.3 Å². The first kappa shape index (κ1) is 26.4. The van der Waals surface area contributed by atoms with E-state index in [1.54, 1.807) is 0 Å². The normalized spacial score (nSPS) is 17.3. The molecule has 1 aliphatic carbocycles. The van der Waals surface area contributed by atoms with E-state index in [0.717, 1.165) is 50.6 Å². The third kappa shape index (κ3) is 7.43. The minimum atomic E-state index is -1.26. The van der Waals surface area contributed by atoms with Crippen molar-refractivity contribution in [3.05, 3.63) is 76.9 Å². The molecule has 2 N–H and O–H groups in total. The fraction of sp³-hybridized carbons (Fsp3) is 0.414. The van der Waals surface area contributed by atoms with Gasteiger partial charge in [0.15, 0.2) is 0 Å². The summed E-state index contributed by atoms with van der Waals surface area (Å²) < 4.78 is 6.02. The van der Waals surface area contributed by atoms with Crippen molar-refractivity contribution in [2.24, 2.45) is 5.92 Å². The molecule has 196 valence electrons. The van der Waals surface area contributed by atoms with Gasteiger partial charge in [0.2, 0.25) is 0 Å². The summed E-state index contributed by atoms with van der Waals surface area (Å²) in [7, 11) is 0. The average molecular weight is 507 g/mol. The highest BCUT2D eigenvalue weighted by molar-refractivity contribution is 5.98. The summed E-state index contributed by atoms with van der Waals surface area (Å²) in [5, 5.41) is 15.6. The topological polar surface area (TPSA) is 107 Å². The van der Waals surface area contributed by atoms with E-state index in [0.29, 0.717) is 18.1 Å². The molecule has 5 rings (SSSR count). The Bertz CT molecular complexity index is 1140. The van der Waals surface area contributed by atoms with E-state index in [1.165, 1.54) is 48.8 Å². The number of amides is 1. The van der Waals surface area contributed by atoms with E-state index >= 15 is 0 Å². The van der Waals surface area contributed by atoms with Crippen LogP contribution < -0.4 is 4.74 Å². The minimum Gasteiger partial charge on any atom is -0.492 e. The first-order valence-corrected chi connectivity index (χ1v) is 12.9. The molecule has 1 fully saturated rings. The van der Waals surface area contributed by atoms with Gasteiger partial charge < -0.3 is 19.8 Å². The number of aliphatic carboxylic acids is 2. The molecular formula is C29H34N2O6. The summed E-state index contributed by atoms with van der Waals surface area (Å²) in [6, 6.07) is 14.6. The number of rotatable bonds is 8. The van der Waals surface area contributed by atoms with Crippen LogP contribution in [-0.2, 0) is 29.0 Å². The van der Waals surface area contributed by atoms with Crippen LogP contribution in [0.25, 0.3) is 0 Å². The molecule has 0 bridgehead atoms. The molecule has 0 atom stereocenters. The maximum absolute atomic E-state index is 12.6. The van der Waals surface area contributed by atoms with E-state index in [2.05, 4.69) is 29.2 Å². The molecule has 0 spiro atoms. The van der Waals surface area contributed by atoms with Crippen LogP contribution in [0, 0.1) is 5.92 Å². The summed E-state index contributed by atoms with van der Waals surface area (Å²) in [4.78, 5) is 36.2. The Morgan fingerprint density at radius 3 is 2.35 bits per heavy atom. The van der Waals surface area contributed by atoms with E-state index in [-0.39, 0.29) is 5.91 Å². The highest BCUT2D eigenvalue weighted by Crippen LogP contribution is 2.27. The third-order valence-electron chi connectivity index (χ3n) is 7.20. The smallest absolute Gasteiger partial charge is 0.328 e. The number of fused-ring (bicyclic) bond motifs is 2. The molecule has 0 saturated carbocycles. The molecule has 2 aromatic rings. The van der Waals surface area contributed by atoms with Crippen molar-refractivity contribution < 1.29 is 29.3 Å². The number of carbonyl (C=O) groups excluding carboxylic acids is 1. The zero-order valence-electron chi connectivity index (χ0n) is 21.0. The first-order chi connectivity index (χ1) is 17.9. The van der Waals surface area contributed by atoms with Gasteiger partial charge in [0.25, 0.3) is 5.91 Å².